The predicted octanol–water partition coefficient (Wildman–Crippen LogP) is 2.53. The molecule has 1 fully saturated rings. The van der Waals surface area contributed by atoms with Crippen molar-refractivity contribution in [3.63, 3.8) is 0 Å². The lowest BCUT2D eigenvalue weighted by atomic mass is 9.95. The van der Waals surface area contributed by atoms with Gasteiger partial charge < -0.3 is 14.5 Å². The zero-order chi connectivity index (χ0) is 20.2. The van der Waals surface area contributed by atoms with Gasteiger partial charge in [-0.3, -0.25) is 14.5 Å². The molecule has 152 valence electrons. The number of pyridine rings is 1. The van der Waals surface area contributed by atoms with E-state index in [0.717, 1.165) is 41.8 Å². The Morgan fingerprint density at radius 2 is 2.28 bits per heavy atom. The summed E-state index contributed by atoms with van der Waals surface area (Å²) >= 11 is 0. The molecule has 4 rings (SSSR count). The summed E-state index contributed by atoms with van der Waals surface area (Å²) in [4.78, 5) is 19.2. The van der Waals surface area contributed by atoms with Crippen LogP contribution in [0.4, 0.5) is 0 Å². The molecule has 0 spiro atoms. The second kappa shape index (κ2) is 8.57. The third kappa shape index (κ3) is 4.22. The molecule has 0 aliphatic carbocycles. The van der Waals surface area contributed by atoms with Gasteiger partial charge in [0, 0.05) is 31.2 Å². The van der Waals surface area contributed by atoms with Gasteiger partial charge in [0.2, 0.25) is 5.91 Å². The molecule has 8 nitrogen and oxygen atoms in total. The van der Waals surface area contributed by atoms with Crippen LogP contribution >= 0.6 is 0 Å². The van der Waals surface area contributed by atoms with Crippen molar-refractivity contribution in [3.05, 3.63) is 53.7 Å². The van der Waals surface area contributed by atoms with Gasteiger partial charge in [-0.25, -0.2) is 0 Å². The number of hydrogen-bond donors (Lipinski definition) is 1. The Morgan fingerprint density at radius 3 is 3.00 bits per heavy atom. The second-order valence-electron chi connectivity index (χ2n) is 7.38. The lowest BCUT2D eigenvalue weighted by Crippen LogP contribution is -2.39. The summed E-state index contributed by atoms with van der Waals surface area (Å²) in [5.41, 5.74) is 3.31. The summed E-state index contributed by atoms with van der Waals surface area (Å²) < 4.78 is 7.20. The van der Waals surface area contributed by atoms with Crippen LogP contribution in [0.3, 0.4) is 0 Å². The predicted molar refractivity (Wildman–Crippen MR) is 106 cm³/mol. The number of aryl methyl sites for hydroxylation is 1. The molecule has 4 heterocycles. The number of rotatable bonds is 6. The first-order valence-electron chi connectivity index (χ1n) is 9.96. The van der Waals surface area contributed by atoms with Gasteiger partial charge in [-0.2, -0.15) is 5.10 Å². The van der Waals surface area contributed by atoms with E-state index in [0.29, 0.717) is 25.3 Å². The molecule has 0 bridgehead atoms. The summed E-state index contributed by atoms with van der Waals surface area (Å²) in [6.45, 7) is 2.95. The molecule has 0 aromatic carbocycles. The van der Waals surface area contributed by atoms with Crippen molar-refractivity contribution < 1.29 is 14.4 Å². The van der Waals surface area contributed by atoms with E-state index in [1.54, 1.807) is 17.1 Å². The second-order valence-corrected chi connectivity index (χ2v) is 7.38. The molecule has 1 aliphatic heterocycles. The minimum atomic E-state index is -0.131. The topological polar surface area (TPSA) is 97.3 Å². The van der Waals surface area contributed by atoms with E-state index in [-0.39, 0.29) is 18.6 Å². The highest BCUT2D eigenvalue weighted by Gasteiger charge is 2.32. The van der Waals surface area contributed by atoms with Gasteiger partial charge in [0.05, 0.1) is 42.6 Å². The molecule has 3 aromatic heterocycles. The van der Waals surface area contributed by atoms with Gasteiger partial charge in [-0.1, -0.05) is 11.2 Å². The largest absolute Gasteiger partial charge is 0.394 e. The summed E-state index contributed by atoms with van der Waals surface area (Å²) in [5.74, 6) is 0.700. The van der Waals surface area contributed by atoms with E-state index in [9.17, 15) is 9.90 Å². The Kier molecular flexibility index (Phi) is 5.71. The highest BCUT2D eigenvalue weighted by molar-refractivity contribution is 5.79. The number of nitrogens with zero attached hydrogens (tertiary/aromatic N) is 5. The monoisotopic (exact) mass is 395 g/mol. The molecule has 0 unspecified atom stereocenters. The quantitative estimate of drug-likeness (QED) is 0.689. The van der Waals surface area contributed by atoms with Crippen LogP contribution in [0.25, 0.3) is 11.3 Å². The number of carbonyl (C=O) groups excluding carboxylic acids is 1. The molecule has 1 atom stereocenters. The average Bonchev–Trinajstić information content (AvgIpc) is 3.35. The van der Waals surface area contributed by atoms with Crippen molar-refractivity contribution in [2.45, 2.75) is 45.2 Å². The SMILES string of the molecule is Cc1cc(-c2cn(CCO)nc2[C@@H]2CCCCN2C(=O)Cc2cccnc2)on1. The van der Waals surface area contributed by atoms with Crippen LogP contribution < -0.4 is 0 Å². The lowest BCUT2D eigenvalue weighted by molar-refractivity contribution is -0.134. The molecule has 1 amide bonds. The van der Waals surface area contributed by atoms with Crippen LogP contribution in [0.2, 0.25) is 0 Å². The van der Waals surface area contributed by atoms with Crippen molar-refractivity contribution in [1.82, 2.24) is 24.8 Å². The number of likely N-dealkylation sites (tertiary alicyclic amines) is 1. The number of carbonyl (C=O) groups is 1. The average molecular weight is 395 g/mol. The molecule has 0 saturated carbocycles. The van der Waals surface area contributed by atoms with Crippen LogP contribution in [0, 0.1) is 6.92 Å². The zero-order valence-corrected chi connectivity index (χ0v) is 16.5. The maximum Gasteiger partial charge on any atom is 0.227 e. The first kappa shape index (κ1) is 19.3. The van der Waals surface area contributed by atoms with Gasteiger partial charge in [0.1, 0.15) is 0 Å². The molecule has 1 N–H and O–H groups in total. The number of aliphatic hydroxyl groups is 1. The maximum atomic E-state index is 13.1. The Hall–Kier alpha value is -3.00. The number of hydrogen-bond acceptors (Lipinski definition) is 6. The van der Waals surface area contributed by atoms with E-state index >= 15 is 0 Å². The van der Waals surface area contributed by atoms with Crippen molar-refractivity contribution in [2.24, 2.45) is 0 Å². The van der Waals surface area contributed by atoms with Crippen LogP contribution in [0.1, 0.15) is 42.3 Å². The van der Waals surface area contributed by atoms with Crippen LogP contribution in [-0.2, 0) is 17.8 Å². The standard InChI is InChI=1S/C21H25N5O3/c1-15-11-19(29-24-15)17-14-25(9-10-27)23-21(17)18-6-2-3-8-26(18)20(28)12-16-5-4-7-22-13-16/h4-5,7,11,13-14,18,27H,2-3,6,8-10,12H2,1H3/t18-/m0/s1. The first-order valence-corrected chi connectivity index (χ1v) is 9.96. The highest BCUT2D eigenvalue weighted by Crippen LogP contribution is 2.36. The third-order valence-corrected chi connectivity index (χ3v) is 5.23. The zero-order valence-electron chi connectivity index (χ0n) is 16.5. The summed E-state index contributed by atoms with van der Waals surface area (Å²) in [7, 11) is 0. The molecule has 8 heteroatoms. The highest BCUT2D eigenvalue weighted by atomic mass is 16.5. The van der Waals surface area contributed by atoms with Gasteiger partial charge in [0.15, 0.2) is 5.76 Å². The Labute approximate surface area is 169 Å². The molecule has 1 aliphatic rings. The van der Waals surface area contributed by atoms with Crippen molar-refractivity contribution in [3.8, 4) is 11.3 Å². The van der Waals surface area contributed by atoms with Crippen LogP contribution in [-0.4, -0.2) is 49.0 Å². The van der Waals surface area contributed by atoms with Crippen LogP contribution in [0.15, 0.2) is 41.3 Å². The fourth-order valence-electron chi connectivity index (χ4n) is 3.87. The van der Waals surface area contributed by atoms with Crippen LogP contribution in [0.5, 0.6) is 0 Å². The normalized spacial score (nSPS) is 16.9. The minimum absolute atomic E-state index is 0.00961. The summed E-state index contributed by atoms with van der Waals surface area (Å²) in [5, 5.41) is 18.0. The van der Waals surface area contributed by atoms with Crippen molar-refractivity contribution in [2.75, 3.05) is 13.2 Å². The van der Waals surface area contributed by atoms with E-state index in [1.807, 2.05) is 36.2 Å². The summed E-state index contributed by atoms with van der Waals surface area (Å²) in [6.07, 6.45) is 8.47. The van der Waals surface area contributed by atoms with Gasteiger partial charge >= 0.3 is 0 Å². The minimum Gasteiger partial charge on any atom is -0.394 e. The smallest absolute Gasteiger partial charge is 0.227 e. The first-order chi connectivity index (χ1) is 14.2. The molecular weight excluding hydrogens is 370 g/mol. The van der Waals surface area contributed by atoms with Crippen molar-refractivity contribution >= 4 is 5.91 Å². The number of amides is 1. The van der Waals surface area contributed by atoms with Crippen molar-refractivity contribution in [1.29, 1.82) is 0 Å². The maximum absolute atomic E-state index is 13.1. The van der Waals surface area contributed by atoms with Gasteiger partial charge in [-0.05, 0) is 37.8 Å². The van der Waals surface area contributed by atoms with E-state index in [2.05, 4.69) is 10.1 Å². The molecule has 29 heavy (non-hydrogen) atoms. The van der Waals surface area contributed by atoms with E-state index in [4.69, 9.17) is 9.62 Å². The van der Waals surface area contributed by atoms with Gasteiger partial charge in [-0.15, -0.1) is 0 Å². The summed E-state index contributed by atoms with van der Waals surface area (Å²) in [6, 6.07) is 5.50. The fourth-order valence-corrected chi connectivity index (χ4v) is 3.87. The lowest BCUT2D eigenvalue weighted by Gasteiger charge is -2.35. The number of aliphatic hydroxyl groups excluding tert-OH is 1. The fraction of sp³-hybridized carbons (Fsp3) is 0.429. The Balaban J connectivity index is 1.66. The van der Waals surface area contributed by atoms with E-state index in [1.165, 1.54) is 0 Å². The van der Waals surface area contributed by atoms with Gasteiger partial charge in [0.25, 0.3) is 0 Å². The molecular formula is C21H25N5O3. The molecule has 0 radical (unpaired) electrons. The molecule has 3 aromatic rings. The molecule has 1 saturated heterocycles. The van der Waals surface area contributed by atoms with E-state index < -0.39 is 0 Å². The Morgan fingerprint density at radius 1 is 1.38 bits per heavy atom. The third-order valence-electron chi connectivity index (χ3n) is 5.23. The number of aromatic nitrogens is 4. The Bertz CT molecular complexity index is 966. The number of piperidine rings is 1.